The van der Waals surface area contributed by atoms with Crippen molar-refractivity contribution in [3.63, 3.8) is 0 Å². The van der Waals surface area contributed by atoms with E-state index < -0.39 is 0 Å². The summed E-state index contributed by atoms with van der Waals surface area (Å²) >= 11 is 7.53. The Kier molecular flexibility index (Phi) is 7.72. The van der Waals surface area contributed by atoms with Gasteiger partial charge in [-0.1, -0.05) is 72.3 Å². The zero-order valence-electron chi connectivity index (χ0n) is 21.1. The highest BCUT2D eigenvalue weighted by Gasteiger charge is 2.35. The van der Waals surface area contributed by atoms with Gasteiger partial charge in [-0.25, -0.2) is 0 Å². The van der Waals surface area contributed by atoms with Crippen LogP contribution in [-0.4, -0.2) is 22.7 Å². The molecule has 2 amide bonds. The molecule has 0 bridgehead atoms. The maximum atomic E-state index is 13.2. The third-order valence-electron chi connectivity index (χ3n) is 6.29. The minimum atomic E-state index is -0.331. The lowest BCUT2D eigenvalue weighted by Crippen LogP contribution is -2.27. The van der Waals surface area contributed by atoms with E-state index >= 15 is 0 Å². The standard InChI is InChI=1S/C31H26ClNO4S/c1-3-36-27-16-22(15-26(32)29(27)37-19-25-11-5-4-8-20(25)2)17-28-30(34)33(31(35)38-28)18-21-12-13-23-9-6-7-10-24(23)14-21/h4-17H,3,18-19H2,1-2H3/b28-17-. The normalized spacial score (nSPS) is 14.5. The van der Waals surface area contributed by atoms with Gasteiger partial charge in [-0.2, -0.15) is 0 Å². The Hall–Kier alpha value is -3.74. The summed E-state index contributed by atoms with van der Waals surface area (Å²) in [7, 11) is 0. The van der Waals surface area contributed by atoms with E-state index in [9.17, 15) is 9.59 Å². The number of nitrogens with zero attached hydrogens (tertiary/aromatic N) is 1. The summed E-state index contributed by atoms with van der Waals surface area (Å²) in [6.45, 7) is 4.88. The van der Waals surface area contributed by atoms with E-state index in [-0.39, 0.29) is 17.7 Å². The number of imide groups is 1. The summed E-state index contributed by atoms with van der Waals surface area (Å²) in [5.41, 5.74) is 3.72. The van der Waals surface area contributed by atoms with Crippen molar-refractivity contribution in [1.82, 2.24) is 4.90 Å². The molecule has 4 aromatic carbocycles. The third-order valence-corrected chi connectivity index (χ3v) is 7.48. The summed E-state index contributed by atoms with van der Waals surface area (Å²) in [5, 5.41) is 2.24. The first-order chi connectivity index (χ1) is 18.4. The molecule has 0 atom stereocenters. The van der Waals surface area contributed by atoms with Gasteiger partial charge < -0.3 is 9.47 Å². The smallest absolute Gasteiger partial charge is 0.293 e. The van der Waals surface area contributed by atoms with E-state index in [2.05, 4.69) is 0 Å². The van der Waals surface area contributed by atoms with Gasteiger partial charge in [-0.05, 0) is 82.9 Å². The molecule has 38 heavy (non-hydrogen) atoms. The molecule has 1 aliphatic rings. The second kappa shape index (κ2) is 11.3. The lowest BCUT2D eigenvalue weighted by Gasteiger charge is -2.15. The van der Waals surface area contributed by atoms with Crippen molar-refractivity contribution in [1.29, 1.82) is 0 Å². The molecule has 0 radical (unpaired) electrons. The number of hydrogen-bond donors (Lipinski definition) is 0. The van der Waals surface area contributed by atoms with Gasteiger partial charge >= 0.3 is 0 Å². The van der Waals surface area contributed by atoms with Gasteiger partial charge in [0.1, 0.15) is 6.61 Å². The van der Waals surface area contributed by atoms with Crippen LogP contribution in [0, 0.1) is 6.92 Å². The molecule has 0 spiro atoms. The molecular weight excluding hydrogens is 518 g/mol. The van der Waals surface area contributed by atoms with Crippen molar-refractivity contribution in [2.75, 3.05) is 6.61 Å². The maximum Gasteiger partial charge on any atom is 0.293 e. The molecule has 0 N–H and O–H groups in total. The van der Waals surface area contributed by atoms with Gasteiger partial charge in [0, 0.05) is 0 Å². The van der Waals surface area contributed by atoms with E-state index in [1.807, 2.05) is 80.6 Å². The monoisotopic (exact) mass is 543 g/mol. The number of ether oxygens (including phenoxy) is 2. The predicted octanol–water partition coefficient (Wildman–Crippen LogP) is 8.02. The van der Waals surface area contributed by atoms with Gasteiger partial charge in [-0.15, -0.1) is 0 Å². The first kappa shape index (κ1) is 25.9. The van der Waals surface area contributed by atoms with Crippen LogP contribution in [0.2, 0.25) is 5.02 Å². The molecule has 1 heterocycles. The lowest BCUT2D eigenvalue weighted by atomic mass is 10.1. The van der Waals surface area contributed by atoms with E-state index in [0.717, 1.165) is 39.2 Å². The lowest BCUT2D eigenvalue weighted by molar-refractivity contribution is -0.123. The van der Waals surface area contributed by atoms with Crippen LogP contribution in [0.15, 0.2) is 83.8 Å². The molecule has 7 heteroatoms. The maximum absolute atomic E-state index is 13.2. The van der Waals surface area contributed by atoms with Crippen molar-refractivity contribution in [2.24, 2.45) is 0 Å². The first-order valence-corrected chi connectivity index (χ1v) is 13.5. The molecule has 0 aliphatic carbocycles. The number of hydrogen-bond acceptors (Lipinski definition) is 5. The molecule has 192 valence electrons. The number of carbonyl (C=O) groups excluding carboxylic acids is 2. The molecule has 0 saturated carbocycles. The van der Waals surface area contributed by atoms with Crippen LogP contribution in [0.5, 0.6) is 11.5 Å². The SMILES string of the molecule is CCOc1cc(/C=C2\SC(=O)N(Cc3ccc4ccccc4c3)C2=O)cc(Cl)c1OCc1ccccc1C. The molecule has 0 aromatic heterocycles. The van der Waals surface area contributed by atoms with E-state index in [1.165, 1.54) is 4.90 Å². The molecule has 5 nitrogen and oxygen atoms in total. The minimum Gasteiger partial charge on any atom is -0.490 e. The largest absolute Gasteiger partial charge is 0.490 e. The fraction of sp³-hybridized carbons (Fsp3) is 0.161. The molecule has 1 aliphatic heterocycles. The summed E-state index contributed by atoms with van der Waals surface area (Å²) in [5.74, 6) is 0.593. The van der Waals surface area contributed by atoms with Crippen LogP contribution >= 0.6 is 23.4 Å². The van der Waals surface area contributed by atoms with E-state index in [4.69, 9.17) is 21.1 Å². The van der Waals surface area contributed by atoms with Crippen molar-refractivity contribution in [3.05, 3.63) is 111 Å². The van der Waals surface area contributed by atoms with Gasteiger partial charge in [0.25, 0.3) is 11.1 Å². The van der Waals surface area contributed by atoms with Crippen molar-refractivity contribution < 1.29 is 19.1 Å². The number of fused-ring (bicyclic) bond motifs is 1. The molecule has 5 rings (SSSR count). The van der Waals surface area contributed by atoms with Gasteiger partial charge in [0.15, 0.2) is 11.5 Å². The molecular formula is C31H26ClNO4S. The summed E-state index contributed by atoms with van der Waals surface area (Å²) < 4.78 is 11.9. The number of aryl methyl sites for hydroxylation is 1. The summed E-state index contributed by atoms with van der Waals surface area (Å²) in [4.78, 5) is 27.5. The Morgan fingerprint density at radius 2 is 1.68 bits per heavy atom. The van der Waals surface area contributed by atoms with E-state index in [0.29, 0.717) is 40.2 Å². The zero-order valence-corrected chi connectivity index (χ0v) is 22.6. The average Bonchev–Trinajstić information content (AvgIpc) is 3.16. The Morgan fingerprint density at radius 3 is 2.47 bits per heavy atom. The van der Waals surface area contributed by atoms with Crippen molar-refractivity contribution >= 4 is 51.4 Å². The minimum absolute atomic E-state index is 0.212. The van der Waals surface area contributed by atoms with Gasteiger partial charge in [-0.3, -0.25) is 14.5 Å². The zero-order chi connectivity index (χ0) is 26.6. The van der Waals surface area contributed by atoms with Crippen LogP contribution in [0.3, 0.4) is 0 Å². The number of rotatable bonds is 8. The highest BCUT2D eigenvalue weighted by Crippen LogP contribution is 2.40. The Morgan fingerprint density at radius 1 is 0.921 bits per heavy atom. The second-order valence-electron chi connectivity index (χ2n) is 8.93. The number of halogens is 1. The average molecular weight is 544 g/mol. The van der Waals surface area contributed by atoms with Crippen LogP contribution in [0.1, 0.15) is 29.2 Å². The second-order valence-corrected chi connectivity index (χ2v) is 10.3. The summed E-state index contributed by atoms with van der Waals surface area (Å²) in [6, 6.07) is 25.4. The molecule has 0 unspecified atom stereocenters. The van der Waals surface area contributed by atoms with Crippen LogP contribution in [0.4, 0.5) is 4.79 Å². The molecule has 1 saturated heterocycles. The number of thioether (sulfide) groups is 1. The fourth-order valence-corrected chi connectivity index (χ4v) is 5.42. The molecule has 4 aromatic rings. The predicted molar refractivity (Wildman–Crippen MR) is 154 cm³/mol. The van der Waals surface area contributed by atoms with Crippen LogP contribution in [-0.2, 0) is 17.9 Å². The fourth-order valence-electron chi connectivity index (χ4n) is 4.30. The van der Waals surface area contributed by atoms with Gasteiger partial charge in [0.2, 0.25) is 0 Å². The van der Waals surface area contributed by atoms with Crippen LogP contribution < -0.4 is 9.47 Å². The third kappa shape index (κ3) is 5.57. The Balaban J connectivity index is 1.36. The number of amides is 2. The highest BCUT2D eigenvalue weighted by molar-refractivity contribution is 8.18. The Bertz CT molecular complexity index is 1570. The van der Waals surface area contributed by atoms with Crippen molar-refractivity contribution in [2.45, 2.75) is 27.0 Å². The topological polar surface area (TPSA) is 55.8 Å². The quantitative estimate of drug-likeness (QED) is 0.211. The van der Waals surface area contributed by atoms with Crippen LogP contribution in [0.25, 0.3) is 16.8 Å². The number of benzene rings is 4. The Labute approximate surface area is 231 Å². The van der Waals surface area contributed by atoms with Gasteiger partial charge in [0.05, 0.1) is 23.1 Å². The summed E-state index contributed by atoms with van der Waals surface area (Å²) in [6.07, 6.45) is 1.67. The van der Waals surface area contributed by atoms with Crippen molar-refractivity contribution in [3.8, 4) is 11.5 Å². The van der Waals surface area contributed by atoms with E-state index in [1.54, 1.807) is 18.2 Å². The first-order valence-electron chi connectivity index (χ1n) is 12.3. The highest BCUT2D eigenvalue weighted by atomic mass is 35.5. The number of carbonyl (C=O) groups is 2. The molecule has 1 fully saturated rings.